The predicted octanol–water partition coefficient (Wildman–Crippen LogP) is 2.92. The molecule has 0 aliphatic rings. The first-order valence-electron chi connectivity index (χ1n) is 3.86. The van der Waals surface area contributed by atoms with Crippen molar-refractivity contribution >= 4 is 11.6 Å². The quantitative estimate of drug-likeness (QED) is 0.713. The molecule has 0 aliphatic heterocycles. The van der Waals surface area contributed by atoms with E-state index in [0.29, 0.717) is 0 Å². The molecule has 0 radical (unpaired) electrons. The molecule has 0 saturated heterocycles. The third kappa shape index (κ3) is 2.10. The third-order valence-corrected chi connectivity index (χ3v) is 2.07. The van der Waals surface area contributed by atoms with Gasteiger partial charge in [0.25, 0.3) is 0 Å². The zero-order valence-corrected chi connectivity index (χ0v) is 7.59. The fourth-order valence-electron chi connectivity index (χ4n) is 1.08. The van der Waals surface area contributed by atoms with Gasteiger partial charge in [0.05, 0.1) is 0 Å². The minimum absolute atomic E-state index is 0.0313. The van der Waals surface area contributed by atoms with Crippen LogP contribution >= 0.6 is 11.6 Å². The summed E-state index contributed by atoms with van der Waals surface area (Å²) in [5.41, 5.74) is 6.84. The Balaban J connectivity index is 2.86. The number of hydrogen-bond donors (Lipinski definition) is 1. The lowest BCUT2D eigenvalue weighted by molar-refractivity contribution is 0.742. The molecule has 0 saturated carbocycles. The van der Waals surface area contributed by atoms with Crippen LogP contribution in [0.2, 0.25) is 5.02 Å². The standard InChI is InChI=1S/C10H12ClN/c1-2-5-10(12)8-6-3-4-7-9(8)11/h2-4,6-7,10H,1,5,12H2. The Morgan fingerprint density at radius 1 is 1.50 bits per heavy atom. The van der Waals surface area contributed by atoms with Crippen LogP contribution in [-0.2, 0) is 0 Å². The fourth-order valence-corrected chi connectivity index (χ4v) is 1.36. The van der Waals surface area contributed by atoms with E-state index in [4.69, 9.17) is 17.3 Å². The van der Waals surface area contributed by atoms with Gasteiger partial charge in [-0.1, -0.05) is 35.9 Å². The van der Waals surface area contributed by atoms with Crippen LogP contribution in [0, 0.1) is 0 Å². The number of nitrogens with two attached hydrogens (primary N) is 1. The summed E-state index contributed by atoms with van der Waals surface area (Å²) < 4.78 is 0. The molecule has 1 aromatic rings. The topological polar surface area (TPSA) is 26.0 Å². The van der Waals surface area contributed by atoms with Crippen LogP contribution < -0.4 is 5.73 Å². The highest BCUT2D eigenvalue weighted by atomic mass is 35.5. The molecule has 0 spiro atoms. The summed E-state index contributed by atoms with van der Waals surface area (Å²) in [4.78, 5) is 0. The molecule has 0 aromatic heterocycles. The van der Waals surface area contributed by atoms with E-state index in [2.05, 4.69) is 6.58 Å². The van der Waals surface area contributed by atoms with Gasteiger partial charge in [-0.2, -0.15) is 0 Å². The van der Waals surface area contributed by atoms with E-state index in [1.54, 1.807) is 6.08 Å². The van der Waals surface area contributed by atoms with Gasteiger partial charge in [-0.25, -0.2) is 0 Å². The maximum Gasteiger partial charge on any atom is 0.0453 e. The van der Waals surface area contributed by atoms with Crippen molar-refractivity contribution in [3.63, 3.8) is 0 Å². The summed E-state index contributed by atoms with van der Waals surface area (Å²) >= 11 is 5.94. The van der Waals surface area contributed by atoms with E-state index in [-0.39, 0.29) is 6.04 Å². The second-order valence-electron chi connectivity index (χ2n) is 2.65. The molecular formula is C10H12ClN. The van der Waals surface area contributed by atoms with Crippen molar-refractivity contribution in [1.82, 2.24) is 0 Å². The number of hydrogen-bond acceptors (Lipinski definition) is 1. The van der Waals surface area contributed by atoms with Gasteiger partial charge >= 0.3 is 0 Å². The Morgan fingerprint density at radius 2 is 2.17 bits per heavy atom. The monoisotopic (exact) mass is 181 g/mol. The van der Waals surface area contributed by atoms with Gasteiger partial charge in [0, 0.05) is 11.1 Å². The third-order valence-electron chi connectivity index (χ3n) is 1.73. The van der Waals surface area contributed by atoms with E-state index in [1.807, 2.05) is 24.3 Å². The average Bonchev–Trinajstić information content (AvgIpc) is 2.05. The summed E-state index contributed by atoms with van der Waals surface area (Å²) in [6.07, 6.45) is 2.55. The van der Waals surface area contributed by atoms with Gasteiger partial charge in [0.1, 0.15) is 0 Å². The molecule has 12 heavy (non-hydrogen) atoms. The Hall–Kier alpha value is -0.790. The van der Waals surface area contributed by atoms with E-state index in [0.717, 1.165) is 17.0 Å². The molecule has 0 fully saturated rings. The zero-order chi connectivity index (χ0) is 8.97. The van der Waals surface area contributed by atoms with Crippen LogP contribution in [0.3, 0.4) is 0 Å². The highest BCUT2D eigenvalue weighted by molar-refractivity contribution is 6.31. The van der Waals surface area contributed by atoms with Crippen LogP contribution in [0.1, 0.15) is 18.0 Å². The van der Waals surface area contributed by atoms with Crippen LogP contribution in [0.15, 0.2) is 36.9 Å². The molecule has 2 heteroatoms. The van der Waals surface area contributed by atoms with Gasteiger partial charge in [0.15, 0.2) is 0 Å². The molecular weight excluding hydrogens is 170 g/mol. The molecule has 1 unspecified atom stereocenters. The molecule has 0 bridgehead atoms. The van der Waals surface area contributed by atoms with Crippen LogP contribution in [0.5, 0.6) is 0 Å². The first-order chi connectivity index (χ1) is 5.75. The van der Waals surface area contributed by atoms with Gasteiger partial charge in [-0.3, -0.25) is 0 Å². The highest BCUT2D eigenvalue weighted by Gasteiger charge is 2.06. The van der Waals surface area contributed by atoms with E-state index >= 15 is 0 Å². The van der Waals surface area contributed by atoms with E-state index < -0.39 is 0 Å². The summed E-state index contributed by atoms with van der Waals surface area (Å²) in [6, 6.07) is 7.59. The van der Waals surface area contributed by atoms with Gasteiger partial charge in [0.2, 0.25) is 0 Å². The Morgan fingerprint density at radius 3 is 2.75 bits per heavy atom. The second kappa shape index (κ2) is 4.29. The molecule has 0 heterocycles. The molecule has 0 aliphatic carbocycles. The second-order valence-corrected chi connectivity index (χ2v) is 3.06. The minimum Gasteiger partial charge on any atom is -0.324 e. The van der Waals surface area contributed by atoms with Crippen LogP contribution in [-0.4, -0.2) is 0 Å². The van der Waals surface area contributed by atoms with Crippen molar-refractivity contribution in [2.24, 2.45) is 5.73 Å². The van der Waals surface area contributed by atoms with Gasteiger partial charge in [-0.15, -0.1) is 6.58 Å². The maximum absolute atomic E-state index is 5.94. The first kappa shape index (κ1) is 9.30. The lowest BCUT2D eigenvalue weighted by Crippen LogP contribution is -2.09. The van der Waals surface area contributed by atoms with Gasteiger partial charge < -0.3 is 5.73 Å². The fraction of sp³-hybridized carbons (Fsp3) is 0.200. The molecule has 1 nitrogen and oxygen atoms in total. The first-order valence-corrected chi connectivity index (χ1v) is 4.24. The Labute approximate surface area is 77.8 Å². The summed E-state index contributed by atoms with van der Waals surface area (Å²) in [5, 5.41) is 0.729. The molecule has 1 rings (SSSR count). The lowest BCUT2D eigenvalue weighted by atomic mass is 10.1. The van der Waals surface area contributed by atoms with Crippen molar-refractivity contribution in [1.29, 1.82) is 0 Å². The van der Waals surface area contributed by atoms with Gasteiger partial charge in [-0.05, 0) is 18.1 Å². The largest absolute Gasteiger partial charge is 0.324 e. The van der Waals surface area contributed by atoms with Crippen LogP contribution in [0.25, 0.3) is 0 Å². The number of halogens is 1. The van der Waals surface area contributed by atoms with Crippen molar-refractivity contribution in [2.75, 3.05) is 0 Å². The van der Waals surface area contributed by atoms with E-state index in [9.17, 15) is 0 Å². The van der Waals surface area contributed by atoms with E-state index in [1.165, 1.54) is 0 Å². The normalized spacial score (nSPS) is 12.5. The maximum atomic E-state index is 5.94. The molecule has 2 N–H and O–H groups in total. The molecule has 1 atom stereocenters. The lowest BCUT2D eigenvalue weighted by Gasteiger charge is -2.10. The molecule has 1 aromatic carbocycles. The minimum atomic E-state index is -0.0313. The predicted molar refractivity (Wildman–Crippen MR) is 53.2 cm³/mol. The van der Waals surface area contributed by atoms with Crippen LogP contribution in [0.4, 0.5) is 0 Å². The Bertz CT molecular complexity index is 270. The SMILES string of the molecule is C=CCC(N)c1ccccc1Cl. The summed E-state index contributed by atoms with van der Waals surface area (Å²) in [6.45, 7) is 3.63. The number of benzene rings is 1. The average molecular weight is 182 g/mol. The smallest absolute Gasteiger partial charge is 0.0453 e. The zero-order valence-electron chi connectivity index (χ0n) is 6.83. The summed E-state index contributed by atoms with van der Waals surface area (Å²) in [7, 11) is 0. The molecule has 64 valence electrons. The van der Waals surface area contributed by atoms with Crippen molar-refractivity contribution < 1.29 is 0 Å². The van der Waals surface area contributed by atoms with Crippen molar-refractivity contribution in [2.45, 2.75) is 12.5 Å². The summed E-state index contributed by atoms with van der Waals surface area (Å²) in [5.74, 6) is 0. The van der Waals surface area contributed by atoms with Crippen molar-refractivity contribution in [3.8, 4) is 0 Å². The highest BCUT2D eigenvalue weighted by Crippen LogP contribution is 2.22. The van der Waals surface area contributed by atoms with Crippen molar-refractivity contribution in [3.05, 3.63) is 47.5 Å². The molecule has 0 amide bonds. The Kier molecular flexibility index (Phi) is 3.32. The number of rotatable bonds is 3.